The van der Waals surface area contributed by atoms with Crippen LogP contribution in [-0.4, -0.2) is 36.1 Å². The van der Waals surface area contributed by atoms with Gasteiger partial charge in [-0.05, 0) is 69.2 Å². The number of halogens is 3. The van der Waals surface area contributed by atoms with E-state index in [1.54, 1.807) is 32.9 Å². The number of benzene rings is 2. The molecule has 1 aromatic heterocycles. The van der Waals surface area contributed by atoms with Crippen LogP contribution in [0.5, 0.6) is 0 Å². The molecule has 38 heavy (non-hydrogen) atoms. The van der Waals surface area contributed by atoms with Crippen molar-refractivity contribution in [1.82, 2.24) is 14.3 Å². The third-order valence-corrected chi connectivity index (χ3v) is 6.83. The summed E-state index contributed by atoms with van der Waals surface area (Å²) in [7, 11) is 0. The van der Waals surface area contributed by atoms with Gasteiger partial charge in [-0.25, -0.2) is 14.3 Å². The summed E-state index contributed by atoms with van der Waals surface area (Å²) in [5.74, 6) is -1.40. The van der Waals surface area contributed by atoms with Crippen molar-refractivity contribution in [1.29, 1.82) is 0 Å². The Morgan fingerprint density at radius 1 is 1.08 bits per heavy atom. The predicted molar refractivity (Wildman–Crippen MR) is 135 cm³/mol. The Morgan fingerprint density at radius 2 is 1.68 bits per heavy atom. The molecule has 0 saturated heterocycles. The van der Waals surface area contributed by atoms with Crippen molar-refractivity contribution in [2.24, 2.45) is 0 Å². The largest absolute Gasteiger partial charge is 0.480 e. The number of carbonyl (C=O) groups excluding carboxylic acids is 1. The number of carbonyl (C=O) groups is 2. The summed E-state index contributed by atoms with van der Waals surface area (Å²) in [5.41, 5.74) is -0.556. The van der Waals surface area contributed by atoms with Gasteiger partial charge in [0.05, 0.1) is 17.7 Å². The minimum Gasteiger partial charge on any atom is -0.480 e. The van der Waals surface area contributed by atoms with Crippen LogP contribution in [0.4, 0.5) is 13.2 Å². The molecular weight excluding hydrogens is 523 g/mol. The van der Waals surface area contributed by atoms with Crippen LogP contribution in [0.2, 0.25) is 0 Å². The Labute approximate surface area is 221 Å². The standard InChI is InChI=1S/C26H28F3N3O5S/c1-5-14-31-21(30-32(24(31)36)15-17-6-10-19(11-7-17)26(27,28)29)16(2)37-22(33)18-8-12-20(13-9-18)38-25(3,4)23(34)35/h6-13,16H,5,14-15H2,1-4H3,(H,34,35)/t16-/m1/s1. The van der Waals surface area contributed by atoms with Crippen LogP contribution in [0.3, 0.4) is 0 Å². The molecule has 0 fully saturated rings. The summed E-state index contributed by atoms with van der Waals surface area (Å²) < 4.78 is 45.6. The third-order valence-electron chi connectivity index (χ3n) is 5.64. The minimum absolute atomic E-state index is 0.0484. The average molecular weight is 552 g/mol. The molecule has 12 heteroatoms. The van der Waals surface area contributed by atoms with Crippen LogP contribution >= 0.6 is 11.8 Å². The second kappa shape index (κ2) is 11.5. The first kappa shape index (κ1) is 29.0. The van der Waals surface area contributed by atoms with Crippen molar-refractivity contribution < 1.29 is 32.6 Å². The zero-order valence-electron chi connectivity index (χ0n) is 21.3. The summed E-state index contributed by atoms with van der Waals surface area (Å²) in [6.07, 6.45) is -4.75. The van der Waals surface area contributed by atoms with Crippen LogP contribution < -0.4 is 5.69 Å². The molecule has 0 saturated carbocycles. The number of hydrogen-bond acceptors (Lipinski definition) is 6. The smallest absolute Gasteiger partial charge is 0.416 e. The number of carboxylic acid groups (broad SMARTS) is 1. The highest BCUT2D eigenvalue weighted by Crippen LogP contribution is 2.33. The number of alkyl halides is 3. The van der Waals surface area contributed by atoms with Crippen molar-refractivity contribution >= 4 is 23.7 Å². The van der Waals surface area contributed by atoms with Gasteiger partial charge in [0.15, 0.2) is 11.9 Å². The number of esters is 1. The Hall–Kier alpha value is -3.54. The van der Waals surface area contributed by atoms with Gasteiger partial charge in [0, 0.05) is 11.4 Å². The Bertz CT molecular complexity index is 1350. The highest BCUT2D eigenvalue weighted by atomic mass is 32.2. The topological polar surface area (TPSA) is 103 Å². The number of aromatic nitrogens is 3. The van der Waals surface area contributed by atoms with E-state index in [-0.39, 0.29) is 17.9 Å². The van der Waals surface area contributed by atoms with Crippen LogP contribution in [0.15, 0.2) is 58.2 Å². The van der Waals surface area contributed by atoms with Crippen LogP contribution in [0, 0.1) is 0 Å². The van der Waals surface area contributed by atoms with E-state index in [9.17, 15) is 32.7 Å². The molecule has 0 amide bonds. The van der Waals surface area contributed by atoms with Gasteiger partial charge in [-0.1, -0.05) is 19.1 Å². The zero-order valence-corrected chi connectivity index (χ0v) is 22.1. The van der Waals surface area contributed by atoms with E-state index in [0.717, 1.165) is 28.6 Å². The summed E-state index contributed by atoms with van der Waals surface area (Å²) in [4.78, 5) is 37.7. The number of ether oxygens (including phenoxy) is 1. The summed E-state index contributed by atoms with van der Waals surface area (Å²) in [6, 6.07) is 10.8. The molecule has 3 rings (SSSR count). The van der Waals surface area contributed by atoms with Gasteiger partial charge in [-0.3, -0.25) is 9.36 Å². The van der Waals surface area contributed by atoms with E-state index < -0.39 is 40.2 Å². The molecular formula is C26H28F3N3O5S. The zero-order chi connectivity index (χ0) is 28.3. The van der Waals surface area contributed by atoms with Crippen molar-refractivity contribution in [3.05, 3.63) is 81.5 Å². The lowest BCUT2D eigenvalue weighted by Crippen LogP contribution is -2.26. The molecule has 0 aliphatic carbocycles. The normalized spacial score (nSPS) is 12.8. The quantitative estimate of drug-likeness (QED) is 0.266. The molecule has 0 aliphatic rings. The maximum absolute atomic E-state index is 13.0. The van der Waals surface area contributed by atoms with Gasteiger partial charge in [-0.2, -0.15) is 18.3 Å². The van der Waals surface area contributed by atoms with Crippen LogP contribution in [0.25, 0.3) is 0 Å². The first-order chi connectivity index (χ1) is 17.7. The molecule has 0 aliphatic heterocycles. The van der Waals surface area contributed by atoms with Gasteiger partial charge < -0.3 is 9.84 Å². The highest BCUT2D eigenvalue weighted by molar-refractivity contribution is 8.01. The molecule has 2 aromatic carbocycles. The predicted octanol–water partition coefficient (Wildman–Crippen LogP) is 5.40. The minimum atomic E-state index is -4.46. The van der Waals surface area contributed by atoms with E-state index >= 15 is 0 Å². The molecule has 1 heterocycles. The van der Waals surface area contributed by atoms with Crippen LogP contribution in [0.1, 0.15) is 67.5 Å². The van der Waals surface area contributed by atoms with Crippen molar-refractivity contribution in [3.63, 3.8) is 0 Å². The van der Waals surface area contributed by atoms with E-state index in [2.05, 4.69) is 5.10 Å². The molecule has 0 radical (unpaired) electrons. The molecule has 0 unspecified atom stereocenters. The lowest BCUT2D eigenvalue weighted by Gasteiger charge is -2.18. The van der Waals surface area contributed by atoms with Gasteiger partial charge in [0.2, 0.25) is 0 Å². The highest BCUT2D eigenvalue weighted by Gasteiger charge is 2.30. The maximum Gasteiger partial charge on any atom is 0.416 e. The molecule has 1 atom stereocenters. The lowest BCUT2D eigenvalue weighted by molar-refractivity contribution is -0.139. The monoisotopic (exact) mass is 551 g/mol. The average Bonchev–Trinajstić information content (AvgIpc) is 3.14. The number of nitrogens with zero attached hydrogens (tertiary/aromatic N) is 3. The molecule has 1 N–H and O–H groups in total. The second-order valence-corrected chi connectivity index (χ2v) is 10.8. The summed E-state index contributed by atoms with van der Waals surface area (Å²) in [6.45, 7) is 6.87. The Kier molecular flexibility index (Phi) is 8.75. The Balaban J connectivity index is 1.77. The summed E-state index contributed by atoms with van der Waals surface area (Å²) >= 11 is 1.14. The van der Waals surface area contributed by atoms with Crippen molar-refractivity contribution in [2.45, 2.75) is 69.1 Å². The first-order valence-electron chi connectivity index (χ1n) is 11.8. The molecule has 8 nitrogen and oxygen atoms in total. The first-order valence-corrected chi connectivity index (χ1v) is 12.6. The Morgan fingerprint density at radius 3 is 2.21 bits per heavy atom. The fraction of sp³-hybridized carbons (Fsp3) is 0.385. The summed E-state index contributed by atoms with van der Waals surface area (Å²) in [5, 5.41) is 13.6. The number of aliphatic carboxylic acids is 1. The maximum atomic E-state index is 13.0. The molecule has 204 valence electrons. The van der Waals surface area contributed by atoms with E-state index in [0.29, 0.717) is 23.4 Å². The number of carboxylic acids is 1. The van der Waals surface area contributed by atoms with E-state index in [1.165, 1.54) is 28.8 Å². The van der Waals surface area contributed by atoms with E-state index in [1.807, 2.05) is 6.92 Å². The number of thioether (sulfide) groups is 1. The van der Waals surface area contributed by atoms with Gasteiger partial charge in [0.25, 0.3) is 0 Å². The van der Waals surface area contributed by atoms with E-state index in [4.69, 9.17) is 4.74 Å². The van der Waals surface area contributed by atoms with Crippen molar-refractivity contribution in [3.8, 4) is 0 Å². The number of hydrogen-bond donors (Lipinski definition) is 1. The van der Waals surface area contributed by atoms with Gasteiger partial charge in [-0.15, -0.1) is 11.8 Å². The van der Waals surface area contributed by atoms with Gasteiger partial charge in [0.1, 0.15) is 4.75 Å². The molecule has 3 aromatic rings. The fourth-order valence-electron chi connectivity index (χ4n) is 3.55. The second-order valence-electron chi connectivity index (χ2n) is 9.13. The SMILES string of the molecule is CCCn1c([C@@H](C)OC(=O)c2ccc(SC(C)(C)C(=O)O)cc2)nn(Cc2ccc(C(F)(F)F)cc2)c1=O. The van der Waals surface area contributed by atoms with Crippen molar-refractivity contribution in [2.75, 3.05) is 0 Å². The fourth-order valence-corrected chi connectivity index (χ4v) is 4.49. The number of rotatable bonds is 10. The molecule has 0 bridgehead atoms. The lowest BCUT2D eigenvalue weighted by atomic mass is 10.1. The van der Waals surface area contributed by atoms with Crippen LogP contribution in [-0.2, 0) is 28.8 Å². The van der Waals surface area contributed by atoms with Gasteiger partial charge >= 0.3 is 23.8 Å². The third kappa shape index (κ3) is 6.85. The molecule has 0 spiro atoms.